The minimum absolute atomic E-state index is 0.141. The Morgan fingerprint density at radius 2 is 2.17 bits per heavy atom. The number of allylic oxidation sites excluding steroid dienone is 3. The molecule has 0 aromatic carbocycles. The lowest BCUT2D eigenvalue weighted by atomic mass is 10.1. The van der Waals surface area contributed by atoms with E-state index in [4.69, 9.17) is 0 Å². The van der Waals surface area contributed by atoms with E-state index in [1.54, 1.807) is 6.08 Å². The molecule has 1 atom stereocenters. The molecule has 12 heavy (non-hydrogen) atoms. The van der Waals surface area contributed by atoms with E-state index in [2.05, 4.69) is 6.58 Å². The van der Waals surface area contributed by atoms with Gasteiger partial charge in [-0.05, 0) is 6.08 Å². The molecule has 0 bridgehead atoms. The zero-order chi connectivity index (χ0) is 9.24. The maximum Gasteiger partial charge on any atom is 0.236 e. The highest BCUT2D eigenvalue weighted by atomic mass is 32.2. The van der Waals surface area contributed by atoms with Crippen molar-refractivity contribution < 1.29 is 12.8 Å². The lowest BCUT2D eigenvalue weighted by Gasteiger charge is -2.19. The van der Waals surface area contributed by atoms with Crippen LogP contribution < -0.4 is 0 Å². The van der Waals surface area contributed by atoms with Crippen LogP contribution in [0.25, 0.3) is 0 Å². The minimum Gasteiger partial charge on any atom is -0.221 e. The first-order valence-corrected chi connectivity index (χ1v) is 4.97. The Kier molecular flexibility index (Phi) is 2.19. The molecule has 0 aliphatic heterocycles. The average Bonchev–Trinajstić information content (AvgIpc) is 2.06. The smallest absolute Gasteiger partial charge is 0.221 e. The maximum atomic E-state index is 13.6. The summed E-state index contributed by atoms with van der Waals surface area (Å²) in [7, 11) is -3.86. The highest BCUT2D eigenvalue weighted by molar-refractivity contribution is 7.95. The molecule has 1 aliphatic carbocycles. The molecule has 1 unspecified atom stereocenters. The number of hydrogen-bond acceptors (Lipinski definition) is 2. The number of alkyl halides is 1. The molecule has 0 N–H and O–H groups in total. The fourth-order valence-electron chi connectivity index (χ4n) is 0.924. The molecule has 2 nitrogen and oxygen atoms in total. The molecule has 0 aromatic rings. The topological polar surface area (TPSA) is 34.1 Å². The number of rotatable bonds is 2. The van der Waals surface area contributed by atoms with Crippen molar-refractivity contribution in [3.63, 3.8) is 0 Å². The highest BCUT2D eigenvalue weighted by Crippen LogP contribution is 2.29. The van der Waals surface area contributed by atoms with Gasteiger partial charge >= 0.3 is 0 Å². The Hall–Kier alpha value is -0.900. The first kappa shape index (κ1) is 9.19. The molecule has 0 heterocycles. The minimum atomic E-state index is -3.86. The standard InChI is InChI=1S/C8H9FO2S/c1-2-12(10,11)8(9)6-4-3-5-7-8/h2-6H,1,7H2. The number of halogens is 1. The van der Waals surface area contributed by atoms with Gasteiger partial charge in [-0.2, -0.15) is 0 Å². The molecule has 0 aromatic heterocycles. The van der Waals surface area contributed by atoms with Crippen molar-refractivity contribution in [2.24, 2.45) is 0 Å². The zero-order valence-corrected chi connectivity index (χ0v) is 7.22. The van der Waals surface area contributed by atoms with Gasteiger partial charge in [0.05, 0.1) is 0 Å². The predicted octanol–water partition coefficient (Wildman–Crippen LogP) is 1.73. The molecule has 66 valence electrons. The molecular weight excluding hydrogens is 179 g/mol. The van der Waals surface area contributed by atoms with E-state index < -0.39 is 14.8 Å². The summed E-state index contributed by atoms with van der Waals surface area (Å²) in [6, 6.07) is 0. The normalized spacial score (nSPS) is 28.8. The third-order valence-electron chi connectivity index (χ3n) is 1.68. The summed E-state index contributed by atoms with van der Waals surface area (Å²) in [6.07, 6.45) is 5.35. The average molecular weight is 188 g/mol. The summed E-state index contributed by atoms with van der Waals surface area (Å²) in [5, 5.41) is -1.64. The molecule has 4 heteroatoms. The van der Waals surface area contributed by atoms with E-state index in [0.29, 0.717) is 5.41 Å². The summed E-state index contributed by atoms with van der Waals surface area (Å²) in [6.45, 7) is 3.07. The molecule has 0 radical (unpaired) electrons. The number of hydrogen-bond donors (Lipinski definition) is 0. The van der Waals surface area contributed by atoms with Gasteiger partial charge in [0.25, 0.3) is 0 Å². The van der Waals surface area contributed by atoms with E-state index in [1.165, 1.54) is 12.2 Å². The van der Waals surface area contributed by atoms with E-state index in [-0.39, 0.29) is 6.42 Å². The van der Waals surface area contributed by atoms with Crippen LogP contribution >= 0.6 is 0 Å². The fourth-order valence-corrected chi connectivity index (χ4v) is 1.80. The van der Waals surface area contributed by atoms with Gasteiger partial charge < -0.3 is 0 Å². The first-order valence-electron chi connectivity index (χ1n) is 3.42. The first-order chi connectivity index (χ1) is 5.52. The molecule has 1 rings (SSSR count). The Bertz CT molecular complexity index is 340. The Morgan fingerprint density at radius 1 is 1.50 bits per heavy atom. The predicted molar refractivity (Wildman–Crippen MR) is 45.9 cm³/mol. The quantitative estimate of drug-likeness (QED) is 0.661. The van der Waals surface area contributed by atoms with Crippen LogP contribution in [0.5, 0.6) is 0 Å². The van der Waals surface area contributed by atoms with Gasteiger partial charge in [0.1, 0.15) is 0 Å². The lowest BCUT2D eigenvalue weighted by Crippen LogP contribution is -2.30. The largest absolute Gasteiger partial charge is 0.236 e. The van der Waals surface area contributed by atoms with E-state index in [1.807, 2.05) is 0 Å². The van der Waals surface area contributed by atoms with Crippen molar-refractivity contribution in [3.8, 4) is 0 Å². The van der Waals surface area contributed by atoms with E-state index in [9.17, 15) is 12.8 Å². The van der Waals surface area contributed by atoms with E-state index in [0.717, 1.165) is 6.08 Å². The van der Waals surface area contributed by atoms with Gasteiger partial charge in [0.2, 0.25) is 14.8 Å². The van der Waals surface area contributed by atoms with Crippen LogP contribution in [0.4, 0.5) is 4.39 Å². The summed E-state index contributed by atoms with van der Waals surface area (Å²) in [5.74, 6) is 0. The monoisotopic (exact) mass is 188 g/mol. The lowest BCUT2D eigenvalue weighted by molar-refractivity contribution is 0.333. The van der Waals surface area contributed by atoms with Crippen molar-refractivity contribution in [1.29, 1.82) is 0 Å². The summed E-state index contributed by atoms with van der Waals surface area (Å²) >= 11 is 0. The number of sulfone groups is 1. The molecular formula is C8H9FO2S. The van der Waals surface area contributed by atoms with Crippen LogP contribution in [0.2, 0.25) is 0 Å². The zero-order valence-electron chi connectivity index (χ0n) is 6.40. The Balaban J connectivity index is 3.10. The van der Waals surface area contributed by atoms with Crippen LogP contribution in [0.15, 0.2) is 36.3 Å². The third kappa shape index (κ3) is 1.34. The second-order valence-corrected chi connectivity index (χ2v) is 4.59. The van der Waals surface area contributed by atoms with Gasteiger partial charge in [-0.3, -0.25) is 0 Å². The van der Waals surface area contributed by atoms with Gasteiger partial charge in [-0.15, -0.1) is 0 Å². The van der Waals surface area contributed by atoms with Crippen molar-refractivity contribution >= 4 is 9.84 Å². The molecule has 0 fully saturated rings. The molecule has 0 saturated heterocycles. The second-order valence-electron chi connectivity index (χ2n) is 2.49. The van der Waals surface area contributed by atoms with Crippen molar-refractivity contribution in [2.75, 3.05) is 0 Å². The Labute approximate surface area is 71.0 Å². The van der Waals surface area contributed by atoms with Gasteiger partial charge in [-0.1, -0.05) is 24.8 Å². The fraction of sp³-hybridized carbons (Fsp3) is 0.250. The molecule has 0 amide bonds. The highest BCUT2D eigenvalue weighted by Gasteiger charge is 2.39. The Morgan fingerprint density at radius 3 is 2.58 bits per heavy atom. The second kappa shape index (κ2) is 2.86. The van der Waals surface area contributed by atoms with Crippen LogP contribution in [0.3, 0.4) is 0 Å². The summed E-state index contributed by atoms with van der Waals surface area (Å²) < 4.78 is 35.7. The summed E-state index contributed by atoms with van der Waals surface area (Å²) in [4.78, 5) is 0. The maximum absolute atomic E-state index is 13.6. The van der Waals surface area contributed by atoms with Crippen LogP contribution in [-0.4, -0.2) is 13.4 Å². The van der Waals surface area contributed by atoms with Crippen LogP contribution in [-0.2, 0) is 9.84 Å². The van der Waals surface area contributed by atoms with Crippen molar-refractivity contribution in [3.05, 3.63) is 36.3 Å². The van der Waals surface area contributed by atoms with Crippen LogP contribution in [0, 0.1) is 0 Å². The van der Waals surface area contributed by atoms with Crippen molar-refractivity contribution in [2.45, 2.75) is 11.4 Å². The van der Waals surface area contributed by atoms with E-state index >= 15 is 0 Å². The van der Waals surface area contributed by atoms with Crippen molar-refractivity contribution in [1.82, 2.24) is 0 Å². The SMILES string of the molecule is C=CS(=O)(=O)C1(F)C=CC=CC1. The molecule has 0 spiro atoms. The summed E-state index contributed by atoms with van der Waals surface area (Å²) in [5.41, 5.74) is 0. The molecule has 1 aliphatic rings. The van der Waals surface area contributed by atoms with Gasteiger partial charge in [-0.25, -0.2) is 12.8 Å². The third-order valence-corrected chi connectivity index (χ3v) is 3.37. The van der Waals surface area contributed by atoms with Gasteiger partial charge in [0.15, 0.2) is 0 Å². The van der Waals surface area contributed by atoms with Crippen LogP contribution in [0.1, 0.15) is 6.42 Å². The molecule has 0 saturated carbocycles. The van der Waals surface area contributed by atoms with Gasteiger partial charge in [0, 0.05) is 11.8 Å².